The third kappa shape index (κ3) is 5.44. The predicted octanol–water partition coefficient (Wildman–Crippen LogP) is 14.9. The van der Waals surface area contributed by atoms with Crippen LogP contribution in [0.1, 0.15) is 0 Å². The second kappa shape index (κ2) is 13.4. The van der Waals surface area contributed by atoms with Crippen molar-refractivity contribution in [1.29, 1.82) is 0 Å². The minimum absolute atomic E-state index is 0.864. The third-order valence-electron chi connectivity index (χ3n) is 10.5. The van der Waals surface area contributed by atoms with Gasteiger partial charge in [0.15, 0.2) is 0 Å². The first-order chi connectivity index (χ1) is 26.8. The molecular weight excluding hydrogens is 655 g/mol. The molecule has 9 aromatic carbocycles. The molecule has 10 aromatic rings. The lowest BCUT2D eigenvalue weighted by Gasteiger charge is -2.30. The molecular formula is C52H35NO. The number of benzene rings is 9. The lowest BCUT2D eigenvalue weighted by molar-refractivity contribution is 0.669. The molecule has 0 fully saturated rings. The van der Waals surface area contributed by atoms with Crippen LogP contribution in [-0.4, -0.2) is 0 Å². The average Bonchev–Trinajstić information content (AvgIpc) is 3.64. The van der Waals surface area contributed by atoms with Gasteiger partial charge >= 0.3 is 0 Å². The van der Waals surface area contributed by atoms with Crippen molar-refractivity contribution in [2.24, 2.45) is 0 Å². The average molecular weight is 690 g/mol. The standard InChI is InChI=1S/C52H35NO/c1-3-17-36(18-4-1)39-33-34-43(46(35-39)38-19-5-2-6-20-38)41-24-9-10-25-42(41)44-26-11-13-28-48(44)53(47-29-15-22-37-21-7-8-23-40(37)47)49-30-16-32-51-52(49)45-27-12-14-31-50(45)54-51/h1-35H. The second-order valence-corrected chi connectivity index (χ2v) is 13.6. The summed E-state index contributed by atoms with van der Waals surface area (Å²) in [7, 11) is 0. The molecule has 0 unspecified atom stereocenters. The van der Waals surface area contributed by atoms with Gasteiger partial charge in [-0.05, 0) is 80.7 Å². The highest BCUT2D eigenvalue weighted by Gasteiger charge is 2.24. The quantitative estimate of drug-likeness (QED) is 0.166. The molecule has 0 amide bonds. The van der Waals surface area contributed by atoms with Gasteiger partial charge < -0.3 is 9.32 Å². The van der Waals surface area contributed by atoms with Gasteiger partial charge in [0.2, 0.25) is 0 Å². The second-order valence-electron chi connectivity index (χ2n) is 13.6. The van der Waals surface area contributed by atoms with Gasteiger partial charge in [-0.3, -0.25) is 0 Å². The van der Waals surface area contributed by atoms with E-state index in [1.54, 1.807) is 0 Å². The van der Waals surface area contributed by atoms with Gasteiger partial charge in [0.05, 0.1) is 22.4 Å². The molecule has 0 saturated carbocycles. The molecule has 1 heterocycles. The van der Waals surface area contributed by atoms with E-state index in [2.05, 4.69) is 211 Å². The summed E-state index contributed by atoms with van der Waals surface area (Å²) in [6.07, 6.45) is 0. The number of anilines is 3. The van der Waals surface area contributed by atoms with Gasteiger partial charge in [-0.25, -0.2) is 0 Å². The van der Waals surface area contributed by atoms with Crippen LogP contribution in [0.4, 0.5) is 17.1 Å². The number of hydrogen-bond donors (Lipinski definition) is 0. The largest absolute Gasteiger partial charge is 0.456 e. The zero-order valence-corrected chi connectivity index (χ0v) is 29.6. The van der Waals surface area contributed by atoms with E-state index in [1.165, 1.54) is 44.2 Å². The smallest absolute Gasteiger partial charge is 0.137 e. The van der Waals surface area contributed by atoms with E-state index in [9.17, 15) is 0 Å². The van der Waals surface area contributed by atoms with Gasteiger partial charge in [0.1, 0.15) is 11.2 Å². The summed E-state index contributed by atoms with van der Waals surface area (Å²) in [6.45, 7) is 0. The van der Waals surface area contributed by atoms with Gasteiger partial charge in [-0.2, -0.15) is 0 Å². The molecule has 54 heavy (non-hydrogen) atoms. The fourth-order valence-electron chi connectivity index (χ4n) is 8.03. The summed E-state index contributed by atoms with van der Waals surface area (Å²) < 4.78 is 6.46. The van der Waals surface area contributed by atoms with Crippen LogP contribution in [0, 0.1) is 0 Å². The third-order valence-corrected chi connectivity index (χ3v) is 10.5. The summed E-state index contributed by atoms with van der Waals surface area (Å²) in [5.41, 5.74) is 14.4. The van der Waals surface area contributed by atoms with Crippen LogP contribution >= 0.6 is 0 Å². The van der Waals surface area contributed by atoms with Crippen LogP contribution in [0.3, 0.4) is 0 Å². The number of hydrogen-bond acceptors (Lipinski definition) is 2. The molecule has 0 saturated heterocycles. The lowest BCUT2D eigenvalue weighted by Crippen LogP contribution is -2.12. The molecule has 0 bridgehead atoms. The number of furan rings is 1. The normalized spacial score (nSPS) is 11.3. The number of nitrogens with zero attached hydrogens (tertiary/aromatic N) is 1. The Labute approximate surface area is 314 Å². The van der Waals surface area contributed by atoms with Gasteiger partial charge in [-0.15, -0.1) is 0 Å². The summed E-state index contributed by atoms with van der Waals surface area (Å²) in [6, 6.07) is 76.0. The van der Waals surface area contributed by atoms with Crippen LogP contribution in [0.5, 0.6) is 0 Å². The lowest BCUT2D eigenvalue weighted by atomic mass is 9.87. The van der Waals surface area contributed by atoms with Crippen LogP contribution in [0.25, 0.3) is 77.2 Å². The number of para-hydroxylation sites is 2. The topological polar surface area (TPSA) is 16.4 Å². The van der Waals surface area contributed by atoms with E-state index >= 15 is 0 Å². The molecule has 10 rings (SSSR count). The van der Waals surface area contributed by atoms with Crippen LogP contribution in [0.2, 0.25) is 0 Å². The van der Waals surface area contributed by atoms with E-state index < -0.39 is 0 Å². The highest BCUT2D eigenvalue weighted by molar-refractivity contribution is 6.15. The molecule has 2 heteroatoms. The van der Waals surface area contributed by atoms with Gasteiger partial charge in [0.25, 0.3) is 0 Å². The Morgan fingerprint density at radius 1 is 0.296 bits per heavy atom. The Morgan fingerprint density at radius 3 is 1.65 bits per heavy atom. The Kier molecular flexibility index (Phi) is 7.85. The van der Waals surface area contributed by atoms with Crippen molar-refractivity contribution in [2.75, 3.05) is 4.90 Å². The van der Waals surface area contributed by atoms with Gasteiger partial charge in [0, 0.05) is 16.3 Å². The fraction of sp³-hybridized carbons (Fsp3) is 0. The summed E-state index contributed by atoms with van der Waals surface area (Å²) >= 11 is 0. The van der Waals surface area contributed by atoms with Crippen molar-refractivity contribution < 1.29 is 4.42 Å². The Balaban J connectivity index is 1.24. The van der Waals surface area contributed by atoms with E-state index in [0.717, 1.165) is 50.1 Å². The molecule has 0 spiro atoms. The van der Waals surface area contributed by atoms with Crippen molar-refractivity contribution in [1.82, 2.24) is 0 Å². The SMILES string of the molecule is c1ccc(-c2ccc(-c3ccccc3-c3ccccc3N(c3cccc4ccccc34)c3cccc4oc5ccccc5c34)c(-c3ccccc3)c2)cc1. The van der Waals surface area contributed by atoms with Crippen molar-refractivity contribution in [3.05, 3.63) is 212 Å². The molecule has 0 atom stereocenters. The van der Waals surface area contributed by atoms with Crippen molar-refractivity contribution in [3.63, 3.8) is 0 Å². The minimum atomic E-state index is 0.864. The van der Waals surface area contributed by atoms with Gasteiger partial charge in [-0.1, -0.05) is 176 Å². The maximum Gasteiger partial charge on any atom is 0.137 e. The van der Waals surface area contributed by atoms with E-state index in [-0.39, 0.29) is 0 Å². The van der Waals surface area contributed by atoms with Crippen molar-refractivity contribution >= 4 is 49.8 Å². The zero-order valence-electron chi connectivity index (χ0n) is 29.6. The Hall–Kier alpha value is -7.16. The molecule has 0 radical (unpaired) electrons. The first-order valence-electron chi connectivity index (χ1n) is 18.4. The zero-order chi connectivity index (χ0) is 35.8. The molecule has 254 valence electrons. The highest BCUT2D eigenvalue weighted by Crippen LogP contribution is 2.49. The summed E-state index contributed by atoms with van der Waals surface area (Å²) in [4.78, 5) is 2.44. The molecule has 0 aliphatic rings. The maximum absolute atomic E-state index is 6.46. The Bertz CT molecular complexity index is 2940. The van der Waals surface area contributed by atoms with E-state index in [4.69, 9.17) is 4.42 Å². The van der Waals surface area contributed by atoms with Crippen molar-refractivity contribution in [3.8, 4) is 44.5 Å². The minimum Gasteiger partial charge on any atom is -0.456 e. The highest BCUT2D eigenvalue weighted by atomic mass is 16.3. The van der Waals surface area contributed by atoms with Crippen molar-refractivity contribution in [2.45, 2.75) is 0 Å². The number of fused-ring (bicyclic) bond motifs is 4. The molecule has 0 aliphatic heterocycles. The first kappa shape index (κ1) is 31.6. The summed E-state index contributed by atoms with van der Waals surface area (Å²) in [5, 5.41) is 4.55. The van der Waals surface area contributed by atoms with Crippen LogP contribution in [0.15, 0.2) is 217 Å². The molecule has 1 aromatic heterocycles. The fourth-order valence-corrected chi connectivity index (χ4v) is 8.03. The molecule has 0 aliphatic carbocycles. The maximum atomic E-state index is 6.46. The summed E-state index contributed by atoms with van der Waals surface area (Å²) in [5.74, 6) is 0. The monoisotopic (exact) mass is 689 g/mol. The van der Waals surface area contributed by atoms with Crippen LogP contribution in [-0.2, 0) is 0 Å². The van der Waals surface area contributed by atoms with E-state index in [0.29, 0.717) is 0 Å². The van der Waals surface area contributed by atoms with E-state index in [1.807, 2.05) is 6.07 Å². The molecule has 2 nitrogen and oxygen atoms in total. The van der Waals surface area contributed by atoms with Crippen LogP contribution < -0.4 is 4.90 Å². The first-order valence-corrected chi connectivity index (χ1v) is 18.4. The predicted molar refractivity (Wildman–Crippen MR) is 228 cm³/mol. The molecule has 0 N–H and O–H groups in total. The number of rotatable bonds is 7. The Morgan fingerprint density at radius 2 is 0.833 bits per heavy atom.